The Labute approximate surface area is 102 Å². The summed E-state index contributed by atoms with van der Waals surface area (Å²) in [5.41, 5.74) is 0.910. The van der Waals surface area contributed by atoms with Crippen molar-refractivity contribution in [3.63, 3.8) is 0 Å². The lowest BCUT2D eigenvalue weighted by molar-refractivity contribution is -0.119. The fourth-order valence-corrected chi connectivity index (χ4v) is 2.22. The summed E-state index contributed by atoms with van der Waals surface area (Å²) in [6.45, 7) is 4.95. The third-order valence-corrected chi connectivity index (χ3v) is 3.19. The van der Waals surface area contributed by atoms with Crippen molar-refractivity contribution in [2.24, 2.45) is 5.92 Å². The molecule has 1 amide bonds. The number of nitrogens with one attached hydrogen (secondary N) is 2. The van der Waals surface area contributed by atoms with Crippen LogP contribution in [0.2, 0.25) is 0 Å². The lowest BCUT2D eigenvalue weighted by Gasteiger charge is -2.28. The minimum atomic E-state index is -0.0916. The largest absolute Gasteiger partial charge is 0.309 e. The van der Waals surface area contributed by atoms with Crippen LogP contribution in [0.5, 0.6) is 0 Å². The van der Waals surface area contributed by atoms with Gasteiger partial charge in [0, 0.05) is 5.69 Å². The molecule has 2 N–H and O–H groups in total. The lowest BCUT2D eigenvalue weighted by Crippen LogP contribution is -2.48. The van der Waals surface area contributed by atoms with Crippen LogP contribution in [0.4, 0.5) is 5.82 Å². The predicted molar refractivity (Wildman–Crippen MR) is 67.8 cm³/mol. The zero-order chi connectivity index (χ0) is 12.3. The van der Waals surface area contributed by atoms with Crippen molar-refractivity contribution < 1.29 is 4.79 Å². The molecule has 2 heterocycles. The molecule has 4 nitrogen and oxygen atoms in total. The van der Waals surface area contributed by atoms with Crippen molar-refractivity contribution in [2.45, 2.75) is 32.7 Å². The quantitative estimate of drug-likeness (QED) is 0.817. The molecule has 1 aromatic rings. The number of rotatable bonds is 2. The van der Waals surface area contributed by atoms with Crippen LogP contribution in [0.3, 0.4) is 0 Å². The van der Waals surface area contributed by atoms with Gasteiger partial charge in [0.05, 0.1) is 6.04 Å². The van der Waals surface area contributed by atoms with E-state index in [0.29, 0.717) is 11.7 Å². The number of aromatic nitrogens is 1. The third-order valence-electron chi connectivity index (χ3n) is 3.19. The van der Waals surface area contributed by atoms with E-state index in [4.69, 9.17) is 0 Å². The van der Waals surface area contributed by atoms with Crippen molar-refractivity contribution in [3.05, 3.63) is 23.9 Å². The molecule has 1 aliphatic heterocycles. The summed E-state index contributed by atoms with van der Waals surface area (Å²) in [5, 5.41) is 6.13. The Morgan fingerprint density at radius 1 is 1.53 bits per heavy atom. The maximum atomic E-state index is 12.1. The second-order valence-corrected chi connectivity index (χ2v) is 4.70. The second-order valence-electron chi connectivity index (χ2n) is 4.70. The topological polar surface area (TPSA) is 54.0 Å². The van der Waals surface area contributed by atoms with Crippen molar-refractivity contribution in [3.8, 4) is 0 Å². The maximum Gasteiger partial charge on any atom is 0.242 e. The maximum absolute atomic E-state index is 12.1. The average Bonchev–Trinajstić information content (AvgIpc) is 2.29. The van der Waals surface area contributed by atoms with E-state index in [1.165, 1.54) is 0 Å². The highest BCUT2D eigenvalue weighted by Crippen LogP contribution is 2.17. The van der Waals surface area contributed by atoms with Gasteiger partial charge in [-0.3, -0.25) is 4.79 Å². The standard InChI is InChI=1S/C13H19N3O/c1-9-5-4-8-14-12(9)13(17)16-11-7-3-6-10(2)15-11/h3,6-7,9,12,14H,4-5,8H2,1-2H3,(H,15,16,17). The van der Waals surface area contributed by atoms with Crippen LogP contribution in [-0.2, 0) is 4.79 Å². The SMILES string of the molecule is Cc1cccc(NC(=O)C2NCCCC2C)n1. The van der Waals surface area contributed by atoms with Gasteiger partial charge in [-0.25, -0.2) is 4.98 Å². The van der Waals surface area contributed by atoms with Crippen LogP contribution >= 0.6 is 0 Å². The average molecular weight is 233 g/mol. The molecule has 92 valence electrons. The van der Waals surface area contributed by atoms with Gasteiger partial charge in [-0.2, -0.15) is 0 Å². The van der Waals surface area contributed by atoms with Gasteiger partial charge in [0.25, 0.3) is 0 Å². The molecule has 1 saturated heterocycles. The molecule has 1 aromatic heterocycles. The number of pyridine rings is 1. The fraction of sp³-hybridized carbons (Fsp3) is 0.538. The number of hydrogen-bond donors (Lipinski definition) is 2. The number of anilines is 1. The number of nitrogens with zero attached hydrogens (tertiary/aromatic N) is 1. The summed E-state index contributed by atoms with van der Waals surface area (Å²) in [6.07, 6.45) is 2.25. The summed E-state index contributed by atoms with van der Waals surface area (Å²) in [7, 11) is 0. The van der Waals surface area contributed by atoms with E-state index in [2.05, 4.69) is 22.5 Å². The van der Waals surface area contributed by atoms with Crippen molar-refractivity contribution in [2.75, 3.05) is 11.9 Å². The number of amides is 1. The number of aryl methyl sites for hydroxylation is 1. The molecular formula is C13H19N3O. The first-order valence-corrected chi connectivity index (χ1v) is 6.15. The van der Waals surface area contributed by atoms with Gasteiger partial charge < -0.3 is 10.6 Å². The molecule has 0 radical (unpaired) electrons. The molecule has 1 fully saturated rings. The van der Waals surface area contributed by atoms with Crippen molar-refractivity contribution >= 4 is 11.7 Å². The predicted octanol–water partition coefficient (Wildman–Crippen LogP) is 1.72. The Morgan fingerprint density at radius 2 is 2.35 bits per heavy atom. The molecule has 2 atom stereocenters. The van der Waals surface area contributed by atoms with E-state index in [9.17, 15) is 4.79 Å². The van der Waals surface area contributed by atoms with Crippen molar-refractivity contribution in [1.29, 1.82) is 0 Å². The smallest absolute Gasteiger partial charge is 0.242 e. The number of piperidine rings is 1. The molecule has 0 saturated carbocycles. The van der Waals surface area contributed by atoms with E-state index in [1.807, 2.05) is 25.1 Å². The Kier molecular flexibility index (Phi) is 3.74. The van der Waals surface area contributed by atoms with Gasteiger partial charge in [-0.1, -0.05) is 13.0 Å². The van der Waals surface area contributed by atoms with E-state index in [1.54, 1.807) is 0 Å². The third kappa shape index (κ3) is 3.03. The molecule has 17 heavy (non-hydrogen) atoms. The molecule has 0 bridgehead atoms. The highest BCUT2D eigenvalue weighted by molar-refractivity contribution is 5.94. The summed E-state index contributed by atoms with van der Waals surface area (Å²) in [6, 6.07) is 5.54. The molecular weight excluding hydrogens is 214 g/mol. The Bertz CT molecular complexity index is 405. The minimum Gasteiger partial charge on any atom is -0.309 e. The van der Waals surface area contributed by atoms with Gasteiger partial charge in [0.15, 0.2) is 0 Å². The van der Waals surface area contributed by atoms with Gasteiger partial charge in [-0.15, -0.1) is 0 Å². The molecule has 0 aromatic carbocycles. The van der Waals surface area contributed by atoms with Gasteiger partial charge in [0.1, 0.15) is 5.82 Å². The van der Waals surface area contributed by atoms with E-state index in [0.717, 1.165) is 25.1 Å². The Balaban J connectivity index is 2.01. The number of carbonyl (C=O) groups is 1. The summed E-state index contributed by atoms with van der Waals surface area (Å²) >= 11 is 0. The van der Waals surface area contributed by atoms with Crippen LogP contribution in [0.25, 0.3) is 0 Å². The van der Waals surface area contributed by atoms with Crippen LogP contribution in [-0.4, -0.2) is 23.5 Å². The molecule has 2 unspecified atom stereocenters. The fourth-order valence-electron chi connectivity index (χ4n) is 2.22. The zero-order valence-corrected chi connectivity index (χ0v) is 10.4. The zero-order valence-electron chi connectivity index (χ0n) is 10.4. The second kappa shape index (κ2) is 5.27. The molecule has 4 heteroatoms. The van der Waals surface area contributed by atoms with Crippen LogP contribution in [0.15, 0.2) is 18.2 Å². The van der Waals surface area contributed by atoms with Gasteiger partial charge >= 0.3 is 0 Å². The monoisotopic (exact) mass is 233 g/mol. The summed E-state index contributed by atoms with van der Waals surface area (Å²) in [4.78, 5) is 16.3. The summed E-state index contributed by atoms with van der Waals surface area (Å²) in [5.74, 6) is 1.04. The summed E-state index contributed by atoms with van der Waals surface area (Å²) < 4.78 is 0. The lowest BCUT2D eigenvalue weighted by atomic mass is 9.92. The first-order valence-electron chi connectivity index (χ1n) is 6.15. The van der Waals surface area contributed by atoms with E-state index < -0.39 is 0 Å². The van der Waals surface area contributed by atoms with E-state index >= 15 is 0 Å². The van der Waals surface area contributed by atoms with Crippen molar-refractivity contribution in [1.82, 2.24) is 10.3 Å². The molecule has 0 spiro atoms. The van der Waals surface area contributed by atoms with Crippen LogP contribution in [0, 0.1) is 12.8 Å². The first kappa shape index (κ1) is 12.0. The molecule has 0 aliphatic carbocycles. The van der Waals surface area contributed by atoms with Crippen LogP contribution < -0.4 is 10.6 Å². The Hall–Kier alpha value is -1.42. The highest BCUT2D eigenvalue weighted by atomic mass is 16.2. The normalized spacial score (nSPS) is 24.4. The highest BCUT2D eigenvalue weighted by Gasteiger charge is 2.27. The van der Waals surface area contributed by atoms with E-state index in [-0.39, 0.29) is 11.9 Å². The van der Waals surface area contributed by atoms with Crippen LogP contribution in [0.1, 0.15) is 25.5 Å². The number of hydrogen-bond acceptors (Lipinski definition) is 3. The minimum absolute atomic E-state index is 0.0234. The molecule has 1 aliphatic rings. The number of carbonyl (C=O) groups excluding carboxylic acids is 1. The molecule has 2 rings (SSSR count). The van der Waals surface area contributed by atoms with Gasteiger partial charge in [0.2, 0.25) is 5.91 Å². The first-order chi connectivity index (χ1) is 8.16. The van der Waals surface area contributed by atoms with Gasteiger partial charge in [-0.05, 0) is 44.4 Å². The Morgan fingerprint density at radius 3 is 3.06 bits per heavy atom.